The molecule has 12 heavy (non-hydrogen) atoms. The van der Waals surface area contributed by atoms with Gasteiger partial charge in [-0.15, -0.1) is 4.91 Å². The highest BCUT2D eigenvalue weighted by Crippen LogP contribution is 2.09. The van der Waals surface area contributed by atoms with Crippen molar-refractivity contribution in [1.82, 2.24) is 5.32 Å². The number of amides is 1. The van der Waals surface area contributed by atoms with E-state index in [4.69, 9.17) is 0 Å². The summed E-state index contributed by atoms with van der Waals surface area (Å²) in [4.78, 5) is 30.7. The van der Waals surface area contributed by atoms with Gasteiger partial charge in [-0.2, -0.15) is 12.6 Å². The maximum absolute atomic E-state index is 10.7. The normalized spacial score (nSPS) is 11.8. The summed E-state index contributed by atoms with van der Waals surface area (Å²) in [5.41, 5.74) is 0. The van der Waals surface area contributed by atoms with Crippen LogP contribution in [0, 0.1) is 4.91 Å². The molecule has 0 aromatic carbocycles. The zero-order valence-corrected chi connectivity index (χ0v) is 8.02. The first-order chi connectivity index (χ1) is 5.56. The van der Waals surface area contributed by atoms with Crippen molar-refractivity contribution < 1.29 is 9.59 Å². The van der Waals surface area contributed by atoms with Crippen LogP contribution in [0.1, 0.15) is 13.3 Å². The molecule has 0 aromatic rings. The molecular formula is C5H8N2O3S2. The number of hydrogen-bond donors (Lipinski definition) is 2. The summed E-state index contributed by atoms with van der Waals surface area (Å²) >= 11 is 4.21. The van der Waals surface area contributed by atoms with Crippen LogP contribution in [0.2, 0.25) is 0 Å². The Morgan fingerprint density at radius 3 is 2.67 bits per heavy atom. The highest BCUT2D eigenvalue weighted by molar-refractivity contribution is 8.12. The number of hydrogen-bond acceptors (Lipinski definition) is 6. The molecule has 1 atom stereocenters. The molecule has 0 aliphatic carbocycles. The van der Waals surface area contributed by atoms with Crippen LogP contribution in [0.5, 0.6) is 0 Å². The second-order valence-corrected chi connectivity index (χ2v) is 3.37. The number of rotatable bonds is 4. The van der Waals surface area contributed by atoms with E-state index in [0.717, 1.165) is 0 Å². The van der Waals surface area contributed by atoms with Crippen molar-refractivity contribution in [1.29, 1.82) is 0 Å². The minimum Gasteiger partial charge on any atom is -0.344 e. The van der Waals surface area contributed by atoms with Gasteiger partial charge < -0.3 is 5.32 Å². The van der Waals surface area contributed by atoms with E-state index in [9.17, 15) is 14.5 Å². The first-order valence-corrected chi connectivity index (χ1v) is 4.33. The Morgan fingerprint density at radius 2 is 2.25 bits per heavy atom. The van der Waals surface area contributed by atoms with E-state index in [1.165, 1.54) is 6.92 Å². The van der Waals surface area contributed by atoms with Crippen LogP contribution in [-0.4, -0.2) is 16.4 Å². The third kappa shape index (κ3) is 6.17. The molecule has 0 unspecified atom stereocenters. The third-order valence-corrected chi connectivity index (χ3v) is 1.63. The molecule has 7 heteroatoms. The van der Waals surface area contributed by atoms with Gasteiger partial charge in [0.2, 0.25) is 11.0 Å². The van der Waals surface area contributed by atoms with Crippen LogP contribution < -0.4 is 5.32 Å². The van der Waals surface area contributed by atoms with Crippen LogP contribution in [0.15, 0.2) is 4.58 Å². The van der Waals surface area contributed by atoms with Crippen molar-refractivity contribution in [2.45, 2.75) is 18.7 Å². The summed E-state index contributed by atoms with van der Waals surface area (Å²) in [7, 11) is 0. The van der Waals surface area contributed by atoms with E-state index >= 15 is 0 Å². The van der Waals surface area contributed by atoms with Gasteiger partial charge in [-0.25, -0.2) is 0 Å². The summed E-state index contributed by atoms with van der Waals surface area (Å²) in [6, 6.07) is 0. The second kappa shape index (κ2) is 6.01. The predicted octanol–water partition coefficient (Wildman–Crippen LogP) is 0.710. The predicted molar refractivity (Wildman–Crippen MR) is 49.6 cm³/mol. The minimum absolute atomic E-state index is 0.0148. The summed E-state index contributed by atoms with van der Waals surface area (Å²) in [5, 5.41) is 1.41. The van der Waals surface area contributed by atoms with Crippen molar-refractivity contribution >= 4 is 35.6 Å². The van der Waals surface area contributed by atoms with Gasteiger partial charge in [-0.05, 0) is 0 Å². The number of nitrogens with zero attached hydrogens (tertiary/aromatic N) is 1. The van der Waals surface area contributed by atoms with E-state index in [1.54, 1.807) is 0 Å². The standard InChI is InChI=1S/C5H8N2O3S2/c1-3(8)6-4(11)2-5(9)12-7-10/h4,11H,2H2,1H3,(H,6,8)/t4-/m0/s1. The molecule has 0 radical (unpaired) electrons. The van der Waals surface area contributed by atoms with Crippen LogP contribution in [0.4, 0.5) is 0 Å². The van der Waals surface area contributed by atoms with Gasteiger partial charge in [0.25, 0.3) is 0 Å². The van der Waals surface area contributed by atoms with E-state index in [2.05, 4.69) is 22.5 Å². The van der Waals surface area contributed by atoms with E-state index in [1.807, 2.05) is 0 Å². The summed E-state index contributed by atoms with van der Waals surface area (Å²) in [5.74, 6) is -0.271. The SMILES string of the molecule is CC(=O)N[C@@H](S)CC(=O)SN=O. The van der Waals surface area contributed by atoms with E-state index in [0.29, 0.717) is 11.9 Å². The molecular weight excluding hydrogens is 200 g/mol. The van der Waals surface area contributed by atoms with Gasteiger partial charge in [0.05, 0.1) is 17.3 Å². The maximum atomic E-state index is 10.7. The van der Waals surface area contributed by atoms with Crippen LogP contribution in [0.3, 0.4) is 0 Å². The molecule has 0 saturated carbocycles. The number of nitroso groups, excluding NO2 is 1. The molecule has 68 valence electrons. The lowest BCUT2D eigenvalue weighted by atomic mass is 10.4. The highest BCUT2D eigenvalue weighted by atomic mass is 32.2. The summed E-state index contributed by atoms with van der Waals surface area (Å²) < 4.78 is 2.34. The zero-order valence-electron chi connectivity index (χ0n) is 6.31. The highest BCUT2D eigenvalue weighted by Gasteiger charge is 2.11. The molecule has 0 bridgehead atoms. The van der Waals surface area contributed by atoms with Gasteiger partial charge in [0.1, 0.15) is 0 Å². The van der Waals surface area contributed by atoms with Crippen molar-refractivity contribution in [3.8, 4) is 0 Å². The van der Waals surface area contributed by atoms with Crippen LogP contribution in [-0.2, 0) is 9.59 Å². The smallest absolute Gasteiger partial charge is 0.217 e. The first-order valence-electron chi connectivity index (χ1n) is 3.04. The van der Waals surface area contributed by atoms with Gasteiger partial charge >= 0.3 is 0 Å². The van der Waals surface area contributed by atoms with Crippen molar-refractivity contribution in [3.63, 3.8) is 0 Å². The molecule has 5 nitrogen and oxygen atoms in total. The fraction of sp³-hybridized carbons (Fsp3) is 0.600. The second-order valence-electron chi connectivity index (χ2n) is 1.96. The zero-order chi connectivity index (χ0) is 9.56. The van der Waals surface area contributed by atoms with Crippen molar-refractivity contribution in [2.24, 2.45) is 4.58 Å². The van der Waals surface area contributed by atoms with Gasteiger partial charge in [-0.1, -0.05) is 0 Å². The quantitative estimate of drug-likeness (QED) is 0.309. The Kier molecular flexibility index (Phi) is 5.73. The molecule has 0 aromatic heterocycles. The Morgan fingerprint density at radius 1 is 1.67 bits per heavy atom. The lowest BCUT2D eigenvalue weighted by Gasteiger charge is -2.07. The van der Waals surface area contributed by atoms with E-state index in [-0.39, 0.29) is 12.3 Å². The average molecular weight is 208 g/mol. The molecule has 0 saturated heterocycles. The van der Waals surface area contributed by atoms with E-state index < -0.39 is 10.5 Å². The molecule has 0 aliphatic rings. The minimum atomic E-state index is -0.552. The molecule has 1 amide bonds. The largest absolute Gasteiger partial charge is 0.344 e. The van der Waals surface area contributed by atoms with Crippen molar-refractivity contribution in [3.05, 3.63) is 4.91 Å². The summed E-state index contributed by atoms with van der Waals surface area (Å²) in [6.45, 7) is 1.32. The fourth-order valence-corrected chi connectivity index (χ4v) is 1.32. The van der Waals surface area contributed by atoms with Gasteiger partial charge in [-0.3, -0.25) is 9.59 Å². The van der Waals surface area contributed by atoms with Crippen LogP contribution in [0.25, 0.3) is 0 Å². The monoisotopic (exact) mass is 208 g/mol. The number of thiol groups is 1. The Bertz CT molecular complexity index is 197. The first kappa shape index (κ1) is 11.4. The Hall–Kier alpha value is -0.560. The maximum Gasteiger partial charge on any atom is 0.217 e. The average Bonchev–Trinajstić information content (AvgIpc) is 1.84. The lowest BCUT2D eigenvalue weighted by Crippen LogP contribution is -2.29. The lowest BCUT2D eigenvalue weighted by molar-refractivity contribution is -0.119. The fourth-order valence-electron chi connectivity index (χ4n) is 0.522. The van der Waals surface area contributed by atoms with Gasteiger partial charge in [0.15, 0.2) is 0 Å². The summed E-state index contributed by atoms with van der Waals surface area (Å²) in [6.07, 6.45) is -0.0148. The third-order valence-electron chi connectivity index (χ3n) is 0.869. The molecule has 0 fully saturated rings. The topological polar surface area (TPSA) is 75.6 Å². The number of carbonyl (C=O) groups excluding carboxylic acids is 2. The van der Waals surface area contributed by atoms with Crippen molar-refractivity contribution in [2.75, 3.05) is 0 Å². The molecule has 1 N–H and O–H groups in total. The Balaban J connectivity index is 3.67. The van der Waals surface area contributed by atoms with Crippen LogP contribution >= 0.6 is 24.6 Å². The Labute approximate surface area is 79.2 Å². The molecule has 0 heterocycles. The van der Waals surface area contributed by atoms with Gasteiger partial charge in [0, 0.05) is 17.9 Å². The number of carbonyl (C=O) groups is 2. The molecule has 0 rings (SSSR count). The number of nitrogens with one attached hydrogen (secondary N) is 1. The molecule has 0 spiro atoms. The molecule has 0 aliphatic heterocycles.